The van der Waals surface area contributed by atoms with Gasteiger partial charge in [-0.1, -0.05) is 11.6 Å². The van der Waals surface area contributed by atoms with Gasteiger partial charge in [-0.15, -0.1) is 0 Å². The predicted octanol–water partition coefficient (Wildman–Crippen LogP) is 0.358. The average molecular weight is 237 g/mol. The molecule has 3 N–H and O–H groups in total. The molecule has 0 radical (unpaired) electrons. The summed E-state index contributed by atoms with van der Waals surface area (Å²) >= 11 is 5.61. The molecule has 1 unspecified atom stereocenters. The number of ether oxygens (including phenoxy) is 1. The number of nitrogens with two attached hydrogens (primary N) is 1. The van der Waals surface area contributed by atoms with E-state index in [2.05, 4.69) is 5.32 Å². The molecule has 0 spiro atoms. The Morgan fingerprint density at radius 1 is 1.40 bits per heavy atom. The summed E-state index contributed by atoms with van der Waals surface area (Å²) in [4.78, 5) is 20.6. The minimum Gasteiger partial charge on any atom is -0.457 e. The largest absolute Gasteiger partial charge is 0.457 e. The highest BCUT2D eigenvalue weighted by atomic mass is 35.5. The first-order valence-corrected chi connectivity index (χ1v) is 4.98. The van der Waals surface area contributed by atoms with Crippen molar-refractivity contribution in [2.75, 3.05) is 6.54 Å². The van der Waals surface area contributed by atoms with Gasteiger partial charge in [0.25, 0.3) is 10.9 Å². The van der Waals surface area contributed by atoms with Gasteiger partial charge in [-0.25, -0.2) is 4.79 Å². The van der Waals surface area contributed by atoms with Gasteiger partial charge in [0, 0.05) is 6.54 Å². The minimum absolute atomic E-state index is 0.341. The molecule has 0 fully saturated rings. The predicted molar refractivity (Wildman–Crippen MR) is 57.3 cm³/mol. The number of alkyl halides is 1. The molecule has 0 saturated heterocycles. The third kappa shape index (κ3) is 4.48. The van der Waals surface area contributed by atoms with Crippen LogP contribution in [0.1, 0.15) is 27.7 Å². The average Bonchev–Trinajstić information content (AvgIpc) is 2.01. The van der Waals surface area contributed by atoms with E-state index in [-0.39, 0.29) is 0 Å². The number of esters is 1. The summed E-state index contributed by atoms with van der Waals surface area (Å²) in [5, 5.41) is 2.36. The molecule has 6 heteroatoms. The van der Waals surface area contributed by atoms with Gasteiger partial charge in [0.15, 0.2) is 0 Å². The molecule has 0 aromatic heterocycles. The van der Waals surface area contributed by atoms with Gasteiger partial charge >= 0.3 is 5.97 Å². The highest BCUT2D eigenvalue weighted by molar-refractivity contribution is 6.44. The monoisotopic (exact) mass is 236 g/mol. The lowest BCUT2D eigenvalue weighted by Crippen LogP contribution is -2.57. The van der Waals surface area contributed by atoms with E-state index < -0.39 is 22.5 Å². The molecule has 15 heavy (non-hydrogen) atoms. The summed E-state index contributed by atoms with van der Waals surface area (Å²) in [5.74, 6) is -1.72. The van der Waals surface area contributed by atoms with E-state index in [1.807, 2.05) is 0 Å². The van der Waals surface area contributed by atoms with Crippen LogP contribution in [0.5, 0.6) is 0 Å². The van der Waals surface area contributed by atoms with Gasteiger partial charge in [0.2, 0.25) is 0 Å². The third-order valence-electron chi connectivity index (χ3n) is 1.36. The smallest absolute Gasteiger partial charge is 0.352 e. The summed E-state index contributed by atoms with van der Waals surface area (Å²) < 4.78 is 4.91. The summed E-state index contributed by atoms with van der Waals surface area (Å²) in [5.41, 5.74) is 4.64. The zero-order chi connectivity index (χ0) is 12.3. The van der Waals surface area contributed by atoms with E-state index in [1.54, 1.807) is 27.7 Å². The Morgan fingerprint density at radius 2 is 1.87 bits per heavy atom. The van der Waals surface area contributed by atoms with Crippen molar-refractivity contribution >= 4 is 23.5 Å². The van der Waals surface area contributed by atoms with Crippen LogP contribution in [-0.2, 0) is 14.3 Å². The Hall–Kier alpha value is -0.810. The van der Waals surface area contributed by atoms with Crippen molar-refractivity contribution in [3.8, 4) is 0 Å². The van der Waals surface area contributed by atoms with E-state index in [0.29, 0.717) is 6.54 Å². The molecule has 0 rings (SSSR count). The Morgan fingerprint density at radius 3 is 2.20 bits per heavy atom. The number of halogens is 1. The zero-order valence-electron chi connectivity index (χ0n) is 9.39. The fourth-order valence-corrected chi connectivity index (χ4v) is 0.840. The maximum atomic E-state index is 11.5. The van der Waals surface area contributed by atoms with Gasteiger partial charge in [-0.2, -0.15) is 0 Å². The number of hydrogen-bond acceptors (Lipinski definition) is 4. The van der Waals surface area contributed by atoms with Crippen LogP contribution in [0.15, 0.2) is 0 Å². The molecular formula is C9H17ClN2O3. The first-order valence-electron chi connectivity index (χ1n) is 4.60. The molecule has 0 aliphatic rings. The fourth-order valence-electron chi connectivity index (χ4n) is 0.734. The molecule has 0 bridgehead atoms. The zero-order valence-corrected chi connectivity index (χ0v) is 10.1. The van der Waals surface area contributed by atoms with Crippen LogP contribution in [0.3, 0.4) is 0 Å². The van der Waals surface area contributed by atoms with Crippen molar-refractivity contribution < 1.29 is 14.3 Å². The summed E-state index contributed by atoms with van der Waals surface area (Å²) in [6, 6.07) is 0. The lowest BCUT2D eigenvalue weighted by atomic mass is 10.2. The number of carbonyl (C=O) groups excluding carboxylic acids is 2. The van der Waals surface area contributed by atoms with Crippen molar-refractivity contribution in [1.82, 2.24) is 5.32 Å². The highest BCUT2D eigenvalue weighted by Gasteiger charge is 2.43. The molecule has 5 nitrogen and oxygen atoms in total. The number of hydrogen-bond donors (Lipinski definition) is 2. The first-order chi connectivity index (χ1) is 6.61. The number of amides is 1. The summed E-state index contributed by atoms with van der Waals surface area (Å²) in [6.07, 6.45) is 0. The molecule has 88 valence electrons. The number of nitrogens with one attached hydrogen (secondary N) is 1. The van der Waals surface area contributed by atoms with Crippen LogP contribution in [0.2, 0.25) is 0 Å². The normalized spacial score (nSPS) is 15.3. The molecule has 0 saturated carbocycles. The lowest BCUT2D eigenvalue weighted by molar-refractivity contribution is -0.160. The SMILES string of the molecule is CCNC(=O)C(N)(Cl)C(=O)OC(C)(C)C. The van der Waals surface area contributed by atoms with Crippen molar-refractivity contribution in [1.29, 1.82) is 0 Å². The van der Waals surface area contributed by atoms with E-state index >= 15 is 0 Å². The second-order valence-corrected chi connectivity index (χ2v) is 4.67. The van der Waals surface area contributed by atoms with Gasteiger partial charge in [0.1, 0.15) is 5.60 Å². The fraction of sp³-hybridized carbons (Fsp3) is 0.778. The summed E-state index contributed by atoms with van der Waals surface area (Å²) in [7, 11) is 0. The summed E-state index contributed by atoms with van der Waals surface area (Å²) in [6.45, 7) is 7.02. The Kier molecular flexibility index (Phi) is 4.55. The number of likely N-dealkylation sites (N-methyl/N-ethyl adjacent to an activating group) is 1. The van der Waals surface area contributed by atoms with E-state index in [0.717, 1.165) is 0 Å². The maximum Gasteiger partial charge on any atom is 0.352 e. The van der Waals surface area contributed by atoms with Crippen molar-refractivity contribution in [2.24, 2.45) is 5.73 Å². The second kappa shape index (κ2) is 4.81. The second-order valence-electron chi connectivity index (χ2n) is 4.07. The first kappa shape index (κ1) is 14.2. The number of carbonyl (C=O) groups is 2. The molecule has 1 atom stereocenters. The molecule has 1 amide bonds. The highest BCUT2D eigenvalue weighted by Crippen LogP contribution is 2.16. The lowest BCUT2D eigenvalue weighted by Gasteiger charge is -2.25. The van der Waals surface area contributed by atoms with Gasteiger partial charge in [0.05, 0.1) is 0 Å². The van der Waals surface area contributed by atoms with Crippen LogP contribution in [0.25, 0.3) is 0 Å². The maximum absolute atomic E-state index is 11.5. The molecular weight excluding hydrogens is 220 g/mol. The minimum atomic E-state index is -2.16. The van der Waals surface area contributed by atoms with Crippen LogP contribution < -0.4 is 11.1 Å². The van der Waals surface area contributed by atoms with E-state index in [9.17, 15) is 9.59 Å². The molecule has 0 heterocycles. The van der Waals surface area contributed by atoms with Crippen LogP contribution in [0, 0.1) is 0 Å². The van der Waals surface area contributed by atoms with Crippen molar-refractivity contribution in [3.05, 3.63) is 0 Å². The number of rotatable bonds is 3. The van der Waals surface area contributed by atoms with Gasteiger partial charge in [-0.3, -0.25) is 10.5 Å². The Bertz CT molecular complexity index is 259. The van der Waals surface area contributed by atoms with Crippen LogP contribution >= 0.6 is 11.6 Å². The molecule has 0 aromatic carbocycles. The van der Waals surface area contributed by atoms with Crippen molar-refractivity contribution in [3.63, 3.8) is 0 Å². The van der Waals surface area contributed by atoms with E-state index in [1.165, 1.54) is 0 Å². The van der Waals surface area contributed by atoms with Gasteiger partial charge in [-0.05, 0) is 27.7 Å². The van der Waals surface area contributed by atoms with Crippen LogP contribution in [-0.4, -0.2) is 29.0 Å². The van der Waals surface area contributed by atoms with Crippen LogP contribution in [0.4, 0.5) is 0 Å². The third-order valence-corrected chi connectivity index (χ3v) is 1.69. The molecule has 0 aliphatic carbocycles. The van der Waals surface area contributed by atoms with Crippen molar-refractivity contribution in [2.45, 2.75) is 38.3 Å². The quantitative estimate of drug-likeness (QED) is 0.321. The van der Waals surface area contributed by atoms with E-state index in [4.69, 9.17) is 22.1 Å². The Balaban J connectivity index is 4.59. The molecule has 0 aromatic rings. The van der Waals surface area contributed by atoms with Gasteiger partial charge < -0.3 is 10.1 Å². The molecule has 0 aliphatic heterocycles. The topological polar surface area (TPSA) is 81.4 Å². The standard InChI is InChI=1S/C9H17ClN2O3/c1-5-12-6(13)9(10,11)7(14)15-8(2,3)4/h5,11H2,1-4H3,(H,12,13). The Labute approximate surface area is 94.3 Å².